The molecule has 0 aliphatic carbocycles. The number of aliphatic carboxylic acids is 1. The van der Waals surface area contributed by atoms with Gasteiger partial charge in [0.05, 0.1) is 27.1 Å². The molecular weight excluding hydrogens is 530 g/mol. The first-order chi connectivity index (χ1) is 17.4. The van der Waals surface area contributed by atoms with Crippen LogP contribution in [0.2, 0.25) is 10.0 Å². The molecular formula is C27H34Cl2F3NO4. The van der Waals surface area contributed by atoms with Crippen LogP contribution in [0.25, 0.3) is 0 Å². The monoisotopic (exact) mass is 563 g/mol. The highest BCUT2D eigenvalue weighted by Crippen LogP contribution is 2.43. The molecule has 37 heavy (non-hydrogen) atoms. The van der Waals surface area contributed by atoms with Crippen LogP contribution in [0.5, 0.6) is 0 Å². The molecule has 0 saturated heterocycles. The first kappa shape index (κ1) is 31.0. The van der Waals surface area contributed by atoms with Crippen molar-refractivity contribution in [2.24, 2.45) is 0 Å². The maximum absolute atomic E-state index is 13.8. The van der Waals surface area contributed by atoms with Crippen LogP contribution < -0.4 is 5.32 Å². The molecule has 2 rings (SSSR count). The van der Waals surface area contributed by atoms with Gasteiger partial charge in [-0.15, -0.1) is 0 Å². The SMILES string of the molecule is CCCCCCCCCCC(OC(=O)C1=C(C)NC(C)=C(C(=O)O)C1c1cccc(Cl)c1Cl)C(F)(F)F. The lowest BCUT2D eigenvalue weighted by Crippen LogP contribution is -2.37. The number of unbranched alkanes of at least 4 members (excludes halogenated alkanes) is 7. The predicted molar refractivity (Wildman–Crippen MR) is 139 cm³/mol. The number of esters is 1. The Morgan fingerprint density at radius 2 is 1.57 bits per heavy atom. The average Bonchev–Trinajstić information content (AvgIpc) is 2.80. The van der Waals surface area contributed by atoms with Gasteiger partial charge in [-0.3, -0.25) is 0 Å². The number of halogens is 5. The van der Waals surface area contributed by atoms with Crippen LogP contribution in [0.4, 0.5) is 13.2 Å². The molecule has 0 bridgehead atoms. The van der Waals surface area contributed by atoms with Gasteiger partial charge in [-0.05, 0) is 38.3 Å². The summed E-state index contributed by atoms with van der Waals surface area (Å²) in [5.74, 6) is -3.87. The summed E-state index contributed by atoms with van der Waals surface area (Å²) >= 11 is 12.5. The molecule has 1 aromatic rings. The van der Waals surface area contributed by atoms with Gasteiger partial charge < -0.3 is 15.2 Å². The average molecular weight is 564 g/mol. The summed E-state index contributed by atoms with van der Waals surface area (Å²) in [6, 6.07) is 4.51. The number of carbonyl (C=O) groups excluding carboxylic acids is 1. The Bertz CT molecular complexity index is 1040. The summed E-state index contributed by atoms with van der Waals surface area (Å²) in [7, 11) is 0. The first-order valence-electron chi connectivity index (χ1n) is 12.5. The van der Waals surface area contributed by atoms with Gasteiger partial charge in [-0.25, -0.2) is 9.59 Å². The lowest BCUT2D eigenvalue weighted by atomic mass is 9.80. The van der Waals surface area contributed by atoms with E-state index >= 15 is 0 Å². The van der Waals surface area contributed by atoms with Crippen LogP contribution in [0.1, 0.15) is 90.0 Å². The van der Waals surface area contributed by atoms with Gasteiger partial charge in [0.25, 0.3) is 0 Å². The molecule has 0 radical (unpaired) electrons. The number of carboxylic acid groups (broad SMARTS) is 1. The van der Waals surface area contributed by atoms with E-state index in [0.717, 1.165) is 38.5 Å². The molecule has 0 aromatic heterocycles. The molecule has 1 heterocycles. The summed E-state index contributed by atoms with van der Waals surface area (Å²) in [6.07, 6.45) is -0.368. The zero-order valence-electron chi connectivity index (χ0n) is 21.3. The molecule has 0 saturated carbocycles. The normalized spacial score (nSPS) is 17.0. The van der Waals surface area contributed by atoms with Crippen LogP contribution in [0.15, 0.2) is 40.7 Å². The van der Waals surface area contributed by atoms with Crippen LogP contribution in [0, 0.1) is 0 Å². The Kier molecular flexibility index (Phi) is 11.8. The summed E-state index contributed by atoms with van der Waals surface area (Å²) in [6.45, 7) is 5.10. The van der Waals surface area contributed by atoms with Crippen molar-refractivity contribution in [1.82, 2.24) is 5.32 Å². The number of rotatable bonds is 13. The fourth-order valence-electron chi connectivity index (χ4n) is 4.55. The number of allylic oxidation sites excluding steroid dienone is 2. The third kappa shape index (κ3) is 8.40. The second-order valence-electron chi connectivity index (χ2n) is 9.28. The molecule has 10 heteroatoms. The summed E-state index contributed by atoms with van der Waals surface area (Å²) in [4.78, 5) is 25.4. The van der Waals surface area contributed by atoms with E-state index in [2.05, 4.69) is 12.2 Å². The smallest absolute Gasteiger partial charge is 0.425 e. The summed E-state index contributed by atoms with van der Waals surface area (Å²) in [5, 5.41) is 12.8. The number of carboxylic acids is 1. The van der Waals surface area contributed by atoms with Gasteiger partial charge in [0, 0.05) is 11.4 Å². The van der Waals surface area contributed by atoms with Crippen LogP contribution in [0.3, 0.4) is 0 Å². The molecule has 1 aliphatic rings. The highest BCUT2D eigenvalue weighted by molar-refractivity contribution is 6.42. The highest BCUT2D eigenvalue weighted by Gasteiger charge is 2.45. The second kappa shape index (κ2) is 14.1. The minimum atomic E-state index is -4.77. The molecule has 0 amide bonds. The van der Waals surface area contributed by atoms with Crippen LogP contribution >= 0.6 is 23.2 Å². The third-order valence-corrected chi connectivity index (χ3v) is 7.27. The molecule has 2 atom stereocenters. The van der Waals surface area contributed by atoms with Gasteiger partial charge in [0.15, 0.2) is 6.10 Å². The second-order valence-corrected chi connectivity index (χ2v) is 10.1. The van der Waals surface area contributed by atoms with Gasteiger partial charge in [-0.1, -0.05) is 87.2 Å². The Hall–Kier alpha value is -2.19. The van der Waals surface area contributed by atoms with Crippen molar-refractivity contribution >= 4 is 35.1 Å². The maximum atomic E-state index is 13.8. The Morgan fingerprint density at radius 1 is 1.00 bits per heavy atom. The number of alkyl halides is 3. The number of hydrogen-bond acceptors (Lipinski definition) is 4. The van der Waals surface area contributed by atoms with E-state index in [1.165, 1.54) is 32.0 Å². The number of ether oxygens (including phenoxy) is 1. The van der Waals surface area contributed by atoms with Crippen molar-refractivity contribution in [3.63, 3.8) is 0 Å². The van der Waals surface area contributed by atoms with Gasteiger partial charge in [-0.2, -0.15) is 13.2 Å². The van der Waals surface area contributed by atoms with Crippen molar-refractivity contribution in [2.45, 2.75) is 96.8 Å². The molecule has 0 spiro atoms. The number of nitrogens with one attached hydrogen (secondary N) is 1. The molecule has 2 unspecified atom stereocenters. The van der Waals surface area contributed by atoms with Gasteiger partial charge in [0.1, 0.15) is 0 Å². The van der Waals surface area contributed by atoms with E-state index in [9.17, 15) is 27.9 Å². The third-order valence-electron chi connectivity index (χ3n) is 6.44. The summed E-state index contributed by atoms with van der Waals surface area (Å²) < 4.78 is 46.5. The fourth-order valence-corrected chi connectivity index (χ4v) is 4.97. The lowest BCUT2D eigenvalue weighted by molar-refractivity contribution is -0.221. The van der Waals surface area contributed by atoms with Crippen molar-refractivity contribution < 1.29 is 32.6 Å². The van der Waals surface area contributed by atoms with E-state index in [-0.39, 0.29) is 51.0 Å². The predicted octanol–water partition coefficient (Wildman–Crippen LogP) is 8.32. The molecule has 5 nitrogen and oxygen atoms in total. The fraction of sp³-hybridized carbons (Fsp3) is 0.556. The quantitative estimate of drug-likeness (QED) is 0.186. The van der Waals surface area contributed by atoms with E-state index in [0.29, 0.717) is 6.42 Å². The number of carbonyl (C=O) groups is 2. The van der Waals surface area contributed by atoms with Gasteiger partial charge >= 0.3 is 18.1 Å². The Labute approximate surface area is 226 Å². The minimum Gasteiger partial charge on any atom is -0.478 e. The van der Waals surface area contributed by atoms with E-state index in [1.54, 1.807) is 0 Å². The zero-order valence-corrected chi connectivity index (χ0v) is 22.8. The van der Waals surface area contributed by atoms with Crippen molar-refractivity contribution in [3.8, 4) is 0 Å². The van der Waals surface area contributed by atoms with Crippen LogP contribution in [-0.2, 0) is 14.3 Å². The number of dihydropyridines is 1. The van der Waals surface area contributed by atoms with Crippen LogP contribution in [-0.4, -0.2) is 29.3 Å². The van der Waals surface area contributed by atoms with Crippen molar-refractivity contribution in [2.75, 3.05) is 0 Å². The minimum absolute atomic E-state index is 0.00650. The standard InChI is InChI=1S/C27H34Cl2F3NO4/c1-4-5-6-7-8-9-10-11-15-20(27(30,31)32)37-26(36)22-17(3)33-16(2)21(25(34)35)23(22)18-13-12-14-19(28)24(18)29/h12-14,20,23,33H,4-11,15H2,1-3H3,(H,34,35). The highest BCUT2D eigenvalue weighted by atomic mass is 35.5. The summed E-state index contributed by atoms with van der Waals surface area (Å²) in [5.41, 5.74) is 0.117. The topological polar surface area (TPSA) is 75.6 Å². The van der Waals surface area contributed by atoms with Crippen molar-refractivity contribution in [3.05, 3.63) is 56.3 Å². The largest absolute Gasteiger partial charge is 0.478 e. The molecule has 2 N–H and O–H groups in total. The maximum Gasteiger partial charge on any atom is 0.425 e. The van der Waals surface area contributed by atoms with E-state index < -0.39 is 30.1 Å². The first-order valence-corrected chi connectivity index (χ1v) is 13.3. The number of benzene rings is 1. The Morgan fingerprint density at radius 3 is 2.14 bits per heavy atom. The molecule has 1 aromatic carbocycles. The molecule has 1 aliphatic heterocycles. The molecule has 0 fully saturated rings. The van der Waals surface area contributed by atoms with E-state index in [1.807, 2.05) is 0 Å². The number of hydrogen-bond donors (Lipinski definition) is 2. The molecule has 206 valence electrons. The van der Waals surface area contributed by atoms with Crippen molar-refractivity contribution in [1.29, 1.82) is 0 Å². The van der Waals surface area contributed by atoms with E-state index in [4.69, 9.17) is 27.9 Å². The zero-order chi connectivity index (χ0) is 27.8. The Balaban J connectivity index is 2.26. The lowest BCUT2D eigenvalue weighted by Gasteiger charge is -2.31. The van der Waals surface area contributed by atoms with Gasteiger partial charge in [0.2, 0.25) is 0 Å².